The predicted octanol–water partition coefficient (Wildman–Crippen LogP) is 1.29. The van der Waals surface area contributed by atoms with Crippen LogP contribution in [-0.4, -0.2) is 52.4 Å². The molecule has 0 aromatic carbocycles. The van der Waals surface area contributed by atoms with Crippen LogP contribution in [0.1, 0.15) is 42.9 Å². The second-order valence-corrected chi connectivity index (χ2v) is 9.31. The standard InChI is InChI=1S/C18H28N6O2S/c1-13(2)17(22-27(4,25)26)18-21-20-16-8-9-23(10-11-24(16)18)12-15-7-5-6-14(3)19-15/h5-7,13,17,22H,8-12H2,1-4H3/t17-/m1/s1. The SMILES string of the molecule is Cc1cccc(CN2CCc3nnc([C@H](NS(C)(=O)=O)C(C)C)n3CC2)n1. The van der Waals surface area contributed by atoms with Crippen molar-refractivity contribution in [3.63, 3.8) is 0 Å². The maximum absolute atomic E-state index is 11.8. The van der Waals surface area contributed by atoms with Crippen LogP contribution >= 0.6 is 0 Å². The molecule has 0 spiro atoms. The smallest absolute Gasteiger partial charge is 0.209 e. The topological polar surface area (TPSA) is 93.0 Å². The maximum atomic E-state index is 11.8. The number of nitrogens with one attached hydrogen (secondary N) is 1. The van der Waals surface area contributed by atoms with E-state index in [0.717, 1.165) is 49.8 Å². The van der Waals surface area contributed by atoms with Crippen molar-refractivity contribution < 1.29 is 8.42 Å². The van der Waals surface area contributed by atoms with Crippen LogP contribution in [0.2, 0.25) is 0 Å². The van der Waals surface area contributed by atoms with Crippen molar-refractivity contribution in [2.24, 2.45) is 5.92 Å². The third kappa shape index (κ3) is 5.12. The Kier molecular flexibility index (Phi) is 5.92. The van der Waals surface area contributed by atoms with E-state index >= 15 is 0 Å². The highest BCUT2D eigenvalue weighted by Gasteiger charge is 2.28. The van der Waals surface area contributed by atoms with Gasteiger partial charge in [-0.15, -0.1) is 10.2 Å². The summed E-state index contributed by atoms with van der Waals surface area (Å²) in [5, 5.41) is 8.66. The lowest BCUT2D eigenvalue weighted by Crippen LogP contribution is -2.33. The molecular formula is C18H28N6O2S. The van der Waals surface area contributed by atoms with Gasteiger partial charge in [0.1, 0.15) is 5.82 Å². The Balaban J connectivity index is 1.76. The molecule has 0 bridgehead atoms. The first-order chi connectivity index (χ1) is 12.7. The van der Waals surface area contributed by atoms with Gasteiger partial charge < -0.3 is 4.57 Å². The molecule has 0 amide bonds. The molecular weight excluding hydrogens is 364 g/mol. The van der Waals surface area contributed by atoms with Gasteiger partial charge in [0.05, 0.1) is 18.0 Å². The van der Waals surface area contributed by atoms with Crippen molar-refractivity contribution in [1.29, 1.82) is 0 Å². The van der Waals surface area contributed by atoms with Gasteiger partial charge in [-0.1, -0.05) is 19.9 Å². The van der Waals surface area contributed by atoms with Crippen molar-refractivity contribution in [3.8, 4) is 0 Å². The van der Waals surface area contributed by atoms with Crippen LogP contribution in [0.4, 0.5) is 0 Å². The van der Waals surface area contributed by atoms with Gasteiger partial charge in [0.25, 0.3) is 0 Å². The number of aryl methyl sites for hydroxylation is 1. The molecule has 1 aliphatic heterocycles. The van der Waals surface area contributed by atoms with Crippen LogP contribution < -0.4 is 4.72 Å². The molecule has 1 N–H and O–H groups in total. The third-order valence-electron chi connectivity index (χ3n) is 4.76. The number of nitrogens with zero attached hydrogens (tertiary/aromatic N) is 5. The molecule has 1 aliphatic rings. The molecule has 0 aliphatic carbocycles. The first kappa shape index (κ1) is 19.9. The molecule has 0 unspecified atom stereocenters. The summed E-state index contributed by atoms with van der Waals surface area (Å²) in [6.45, 7) is 9.22. The Morgan fingerprint density at radius 3 is 2.63 bits per heavy atom. The predicted molar refractivity (Wildman–Crippen MR) is 104 cm³/mol. The minimum Gasteiger partial charge on any atom is -0.312 e. The quantitative estimate of drug-likeness (QED) is 0.796. The number of fused-ring (bicyclic) bond motifs is 1. The molecule has 0 fully saturated rings. The summed E-state index contributed by atoms with van der Waals surface area (Å²) in [4.78, 5) is 6.95. The van der Waals surface area contributed by atoms with Crippen LogP contribution in [0.25, 0.3) is 0 Å². The largest absolute Gasteiger partial charge is 0.312 e. The normalized spacial score (nSPS) is 16.9. The van der Waals surface area contributed by atoms with E-state index in [1.54, 1.807) is 0 Å². The number of hydrogen-bond donors (Lipinski definition) is 1. The fourth-order valence-electron chi connectivity index (χ4n) is 3.41. The summed E-state index contributed by atoms with van der Waals surface area (Å²) in [6.07, 6.45) is 1.96. The van der Waals surface area contributed by atoms with Crippen LogP contribution in [0, 0.1) is 12.8 Å². The van der Waals surface area contributed by atoms with E-state index in [-0.39, 0.29) is 12.0 Å². The van der Waals surface area contributed by atoms with E-state index in [1.165, 1.54) is 6.26 Å². The Morgan fingerprint density at radius 1 is 1.19 bits per heavy atom. The van der Waals surface area contributed by atoms with Gasteiger partial charge in [-0.3, -0.25) is 9.88 Å². The molecule has 2 aromatic heterocycles. The van der Waals surface area contributed by atoms with Crippen molar-refractivity contribution in [2.75, 3.05) is 19.3 Å². The lowest BCUT2D eigenvalue weighted by Gasteiger charge is -2.22. The van der Waals surface area contributed by atoms with Gasteiger partial charge >= 0.3 is 0 Å². The molecule has 9 heteroatoms. The summed E-state index contributed by atoms with van der Waals surface area (Å²) in [5.41, 5.74) is 2.08. The Labute approximate surface area is 161 Å². The first-order valence-electron chi connectivity index (χ1n) is 9.27. The highest BCUT2D eigenvalue weighted by molar-refractivity contribution is 7.88. The van der Waals surface area contributed by atoms with E-state index in [0.29, 0.717) is 5.82 Å². The molecule has 1 atom stereocenters. The lowest BCUT2D eigenvalue weighted by atomic mass is 10.1. The summed E-state index contributed by atoms with van der Waals surface area (Å²) < 4.78 is 28.3. The highest BCUT2D eigenvalue weighted by atomic mass is 32.2. The van der Waals surface area contributed by atoms with E-state index in [4.69, 9.17) is 0 Å². The second-order valence-electron chi connectivity index (χ2n) is 7.53. The molecule has 3 rings (SSSR count). The van der Waals surface area contributed by atoms with Gasteiger partial charge in [-0.2, -0.15) is 0 Å². The van der Waals surface area contributed by atoms with Gasteiger partial charge in [-0.05, 0) is 25.0 Å². The Bertz CT molecular complexity index is 893. The number of hydrogen-bond acceptors (Lipinski definition) is 6. The van der Waals surface area contributed by atoms with E-state index < -0.39 is 10.0 Å². The highest BCUT2D eigenvalue weighted by Crippen LogP contribution is 2.23. The molecule has 0 radical (unpaired) electrons. The van der Waals surface area contributed by atoms with Crippen molar-refractivity contribution in [2.45, 2.75) is 46.3 Å². The van der Waals surface area contributed by atoms with Crippen molar-refractivity contribution in [1.82, 2.24) is 29.4 Å². The van der Waals surface area contributed by atoms with Crippen LogP contribution in [0.5, 0.6) is 0 Å². The first-order valence-corrected chi connectivity index (χ1v) is 11.2. The van der Waals surface area contributed by atoms with Gasteiger partial charge in [-0.25, -0.2) is 13.1 Å². The van der Waals surface area contributed by atoms with Crippen molar-refractivity contribution >= 4 is 10.0 Å². The van der Waals surface area contributed by atoms with Gasteiger partial charge in [0, 0.05) is 38.3 Å². The van der Waals surface area contributed by atoms with Crippen LogP contribution in [0.15, 0.2) is 18.2 Å². The number of rotatable bonds is 6. The molecule has 0 saturated carbocycles. The zero-order chi connectivity index (χ0) is 19.6. The van der Waals surface area contributed by atoms with Gasteiger partial charge in [0.15, 0.2) is 5.82 Å². The zero-order valence-corrected chi connectivity index (χ0v) is 17.2. The molecule has 27 heavy (non-hydrogen) atoms. The van der Waals surface area contributed by atoms with E-state index in [2.05, 4.69) is 29.4 Å². The van der Waals surface area contributed by atoms with Gasteiger partial charge in [0.2, 0.25) is 10.0 Å². The summed E-state index contributed by atoms with van der Waals surface area (Å²) >= 11 is 0. The molecule has 0 saturated heterocycles. The van der Waals surface area contributed by atoms with Crippen LogP contribution in [0.3, 0.4) is 0 Å². The van der Waals surface area contributed by atoms with E-state index in [9.17, 15) is 8.42 Å². The lowest BCUT2D eigenvalue weighted by molar-refractivity contribution is 0.265. The van der Waals surface area contributed by atoms with Crippen molar-refractivity contribution in [3.05, 3.63) is 41.2 Å². The zero-order valence-electron chi connectivity index (χ0n) is 16.4. The fraction of sp³-hybridized carbons (Fsp3) is 0.611. The molecule has 148 valence electrons. The van der Waals surface area contributed by atoms with Crippen LogP contribution in [-0.2, 0) is 29.5 Å². The number of aromatic nitrogens is 4. The minimum absolute atomic E-state index is 0.0730. The monoisotopic (exact) mass is 392 g/mol. The summed E-state index contributed by atoms with van der Waals surface area (Å²) in [5.74, 6) is 1.68. The minimum atomic E-state index is -3.34. The van der Waals surface area contributed by atoms with E-state index in [1.807, 2.05) is 39.0 Å². The fourth-order valence-corrected chi connectivity index (χ4v) is 4.25. The average molecular weight is 393 g/mol. The molecule has 8 nitrogen and oxygen atoms in total. The maximum Gasteiger partial charge on any atom is 0.209 e. The summed E-state index contributed by atoms with van der Waals surface area (Å²) in [6, 6.07) is 5.70. The average Bonchev–Trinajstić information content (AvgIpc) is 2.86. The summed E-state index contributed by atoms with van der Waals surface area (Å²) in [7, 11) is -3.34. The molecule has 2 aromatic rings. The number of pyridine rings is 1. The Morgan fingerprint density at radius 2 is 1.96 bits per heavy atom. The third-order valence-corrected chi connectivity index (χ3v) is 5.45. The Hall–Kier alpha value is -1.84. The second kappa shape index (κ2) is 8.04. The molecule has 3 heterocycles. The number of sulfonamides is 1.